The molecule has 1 aliphatic rings. The summed E-state index contributed by atoms with van der Waals surface area (Å²) in [6.07, 6.45) is 2.49. The molecule has 0 nitrogen and oxygen atoms in total. The number of halogens is 2. The maximum atomic E-state index is 5.98. The van der Waals surface area contributed by atoms with E-state index in [0.29, 0.717) is 16.0 Å². The first kappa shape index (κ1) is 7.45. The van der Waals surface area contributed by atoms with Crippen LogP contribution in [-0.4, -0.2) is 0 Å². The molecule has 0 amide bonds. The van der Waals surface area contributed by atoms with Gasteiger partial charge in [0, 0.05) is 0 Å². The molecule has 2 heteroatoms. The Bertz CT molecular complexity index is 277. The van der Waals surface area contributed by atoms with Gasteiger partial charge in [-0.3, -0.25) is 0 Å². The molecule has 1 saturated carbocycles. The van der Waals surface area contributed by atoms with E-state index in [-0.39, 0.29) is 0 Å². The van der Waals surface area contributed by atoms with Gasteiger partial charge in [0.2, 0.25) is 0 Å². The molecule has 0 aromatic heterocycles. The molecule has 1 aliphatic carbocycles. The monoisotopic (exact) mass is 185 g/mol. The topological polar surface area (TPSA) is 0 Å². The van der Waals surface area contributed by atoms with E-state index < -0.39 is 0 Å². The standard InChI is InChI=1S/C9H7Cl2/c10-8-3-1-2-7(9(8)11)6-4-5-6/h2-3,6H,4-5H2. The van der Waals surface area contributed by atoms with Gasteiger partial charge in [-0.2, -0.15) is 0 Å². The third kappa shape index (κ3) is 1.38. The molecule has 0 aliphatic heterocycles. The Labute approximate surface area is 76.1 Å². The summed E-state index contributed by atoms with van der Waals surface area (Å²) in [6.45, 7) is 0. The molecular weight excluding hydrogens is 179 g/mol. The molecule has 1 fully saturated rings. The van der Waals surface area contributed by atoms with Crippen LogP contribution in [0.2, 0.25) is 10.0 Å². The van der Waals surface area contributed by atoms with E-state index in [0.717, 1.165) is 0 Å². The Kier molecular flexibility index (Phi) is 1.82. The van der Waals surface area contributed by atoms with E-state index in [2.05, 4.69) is 6.07 Å². The quantitative estimate of drug-likeness (QED) is 0.627. The van der Waals surface area contributed by atoms with Crippen molar-refractivity contribution >= 4 is 23.2 Å². The third-order valence-corrected chi connectivity index (χ3v) is 2.75. The zero-order valence-electron chi connectivity index (χ0n) is 5.90. The summed E-state index contributed by atoms with van der Waals surface area (Å²) in [5.41, 5.74) is 1.17. The van der Waals surface area contributed by atoms with Crippen molar-refractivity contribution in [2.24, 2.45) is 0 Å². The van der Waals surface area contributed by atoms with Gasteiger partial charge in [-0.15, -0.1) is 0 Å². The summed E-state index contributed by atoms with van der Waals surface area (Å²) >= 11 is 11.8. The van der Waals surface area contributed by atoms with E-state index in [1.54, 1.807) is 6.07 Å². The molecule has 0 N–H and O–H groups in total. The summed E-state index contributed by atoms with van der Waals surface area (Å²) < 4.78 is 0. The molecule has 0 atom stereocenters. The van der Waals surface area contributed by atoms with Gasteiger partial charge in [0.1, 0.15) is 0 Å². The lowest BCUT2D eigenvalue weighted by atomic mass is 10.1. The van der Waals surface area contributed by atoms with Crippen molar-refractivity contribution in [3.8, 4) is 0 Å². The van der Waals surface area contributed by atoms with Crippen LogP contribution in [0.5, 0.6) is 0 Å². The van der Waals surface area contributed by atoms with Crippen molar-refractivity contribution in [2.45, 2.75) is 18.8 Å². The van der Waals surface area contributed by atoms with Crippen molar-refractivity contribution in [3.05, 3.63) is 33.8 Å². The van der Waals surface area contributed by atoms with Crippen molar-refractivity contribution in [2.75, 3.05) is 0 Å². The van der Waals surface area contributed by atoms with Crippen LogP contribution in [0.4, 0.5) is 0 Å². The van der Waals surface area contributed by atoms with Gasteiger partial charge in [0.25, 0.3) is 0 Å². The second kappa shape index (κ2) is 2.69. The van der Waals surface area contributed by atoms with E-state index >= 15 is 0 Å². The fraction of sp³-hybridized carbons (Fsp3) is 0.333. The summed E-state index contributed by atoms with van der Waals surface area (Å²) in [5, 5.41) is 1.34. The van der Waals surface area contributed by atoms with Gasteiger partial charge < -0.3 is 0 Å². The Hall–Kier alpha value is -0.200. The normalized spacial score (nSPS) is 16.9. The van der Waals surface area contributed by atoms with Gasteiger partial charge in [-0.25, -0.2) is 0 Å². The summed E-state index contributed by atoms with van der Waals surface area (Å²) in [4.78, 5) is 0. The smallest absolute Gasteiger partial charge is 0.0627 e. The van der Waals surface area contributed by atoms with Gasteiger partial charge in [0.05, 0.1) is 10.0 Å². The van der Waals surface area contributed by atoms with Gasteiger partial charge in [-0.05, 0) is 42.5 Å². The minimum atomic E-state index is 0.621. The molecule has 11 heavy (non-hydrogen) atoms. The molecule has 0 spiro atoms. The average molecular weight is 186 g/mol. The molecule has 57 valence electrons. The Morgan fingerprint density at radius 1 is 1.27 bits per heavy atom. The number of benzene rings is 1. The fourth-order valence-electron chi connectivity index (χ4n) is 1.16. The molecule has 1 aromatic carbocycles. The molecule has 0 saturated heterocycles. The highest BCUT2D eigenvalue weighted by Gasteiger charge is 2.26. The first-order valence-corrected chi connectivity index (χ1v) is 4.39. The van der Waals surface area contributed by atoms with E-state index in [4.69, 9.17) is 23.2 Å². The van der Waals surface area contributed by atoms with Crippen LogP contribution in [0.1, 0.15) is 24.3 Å². The first-order chi connectivity index (χ1) is 5.29. The number of rotatable bonds is 1. The van der Waals surface area contributed by atoms with Crippen molar-refractivity contribution in [3.63, 3.8) is 0 Å². The zero-order valence-corrected chi connectivity index (χ0v) is 7.41. The maximum absolute atomic E-state index is 5.98. The average Bonchev–Trinajstić information content (AvgIpc) is 2.77. The highest BCUT2D eigenvalue weighted by molar-refractivity contribution is 6.42. The molecular formula is C9H7Cl2. The lowest BCUT2D eigenvalue weighted by molar-refractivity contribution is 1.13. The summed E-state index contributed by atoms with van der Waals surface area (Å²) in [5.74, 6) is 0.650. The maximum Gasteiger partial charge on any atom is 0.0627 e. The van der Waals surface area contributed by atoms with Crippen LogP contribution in [0.25, 0.3) is 0 Å². The van der Waals surface area contributed by atoms with Gasteiger partial charge in [0.15, 0.2) is 0 Å². The number of hydrogen-bond donors (Lipinski definition) is 0. The van der Waals surface area contributed by atoms with Crippen molar-refractivity contribution in [1.29, 1.82) is 0 Å². The molecule has 0 heterocycles. The van der Waals surface area contributed by atoms with Crippen LogP contribution in [0, 0.1) is 6.07 Å². The fourth-order valence-corrected chi connectivity index (χ4v) is 1.60. The van der Waals surface area contributed by atoms with E-state index in [1.165, 1.54) is 18.4 Å². The first-order valence-electron chi connectivity index (χ1n) is 3.64. The highest BCUT2D eigenvalue weighted by Crippen LogP contribution is 2.44. The molecule has 2 rings (SSSR count). The van der Waals surface area contributed by atoms with Crippen molar-refractivity contribution in [1.82, 2.24) is 0 Å². The molecule has 1 radical (unpaired) electrons. The SMILES string of the molecule is Clc1c[c]cc(C2CC2)c1Cl. The Morgan fingerprint density at radius 3 is 2.64 bits per heavy atom. The minimum Gasteiger partial charge on any atom is -0.0827 e. The van der Waals surface area contributed by atoms with Crippen molar-refractivity contribution < 1.29 is 0 Å². The van der Waals surface area contributed by atoms with E-state index in [1.807, 2.05) is 6.07 Å². The zero-order chi connectivity index (χ0) is 7.84. The molecule has 0 unspecified atom stereocenters. The molecule has 0 bridgehead atoms. The lowest BCUT2D eigenvalue weighted by Crippen LogP contribution is -1.81. The largest absolute Gasteiger partial charge is 0.0827 e. The van der Waals surface area contributed by atoms with Crippen LogP contribution in [0.3, 0.4) is 0 Å². The number of hydrogen-bond acceptors (Lipinski definition) is 0. The van der Waals surface area contributed by atoms with Crippen LogP contribution >= 0.6 is 23.2 Å². The second-order valence-corrected chi connectivity index (χ2v) is 3.63. The predicted molar refractivity (Wildman–Crippen MR) is 47.3 cm³/mol. The summed E-state index contributed by atoms with van der Waals surface area (Å²) in [7, 11) is 0. The van der Waals surface area contributed by atoms with Gasteiger partial charge >= 0.3 is 0 Å². The minimum absolute atomic E-state index is 0.621. The van der Waals surface area contributed by atoms with E-state index in [9.17, 15) is 0 Å². The highest BCUT2D eigenvalue weighted by atomic mass is 35.5. The molecule has 1 aromatic rings. The second-order valence-electron chi connectivity index (χ2n) is 2.85. The van der Waals surface area contributed by atoms with Crippen LogP contribution in [-0.2, 0) is 0 Å². The van der Waals surface area contributed by atoms with Crippen LogP contribution < -0.4 is 0 Å². The summed E-state index contributed by atoms with van der Waals surface area (Å²) in [6, 6.07) is 6.62. The predicted octanol–water partition coefficient (Wildman–Crippen LogP) is 3.67. The van der Waals surface area contributed by atoms with Gasteiger partial charge in [-0.1, -0.05) is 23.2 Å². The third-order valence-electron chi connectivity index (χ3n) is 1.93. The van der Waals surface area contributed by atoms with Crippen LogP contribution in [0.15, 0.2) is 12.1 Å². The Balaban J connectivity index is 2.45. The lowest BCUT2D eigenvalue weighted by Gasteiger charge is -2.01. The Morgan fingerprint density at radius 2 is 2.00 bits per heavy atom.